The quantitative estimate of drug-likeness (QED) is 0.436. The van der Waals surface area contributed by atoms with Crippen molar-refractivity contribution in [3.05, 3.63) is 0 Å². The summed E-state index contributed by atoms with van der Waals surface area (Å²) in [4.78, 5) is 0. The van der Waals surface area contributed by atoms with Crippen LogP contribution in [-0.2, 0) is 4.74 Å². The van der Waals surface area contributed by atoms with Crippen LogP contribution in [0.4, 0.5) is 0 Å². The molecule has 0 saturated heterocycles. The van der Waals surface area contributed by atoms with E-state index < -0.39 is 0 Å². The largest absolute Gasteiger partial charge is 0.346 e. The van der Waals surface area contributed by atoms with E-state index in [9.17, 15) is 0 Å². The fourth-order valence-corrected chi connectivity index (χ4v) is 1.55. The normalized spacial score (nSPS) is 15.2. The molecular weight excluding hydrogens is 188 g/mol. The summed E-state index contributed by atoms with van der Waals surface area (Å²) in [5.74, 6) is 0. The fourth-order valence-electron chi connectivity index (χ4n) is 1.55. The van der Waals surface area contributed by atoms with Crippen LogP contribution >= 0.6 is 0 Å². The molecule has 2 atom stereocenters. The minimum absolute atomic E-state index is 0.173. The highest BCUT2D eigenvalue weighted by molar-refractivity contribution is 4.55. The molecule has 0 saturated carbocycles. The first-order chi connectivity index (χ1) is 7.20. The number of hydrogen-bond acceptors (Lipinski definition) is 3. The molecule has 3 nitrogen and oxygen atoms in total. The fraction of sp³-hybridized carbons (Fsp3) is 1.00. The highest BCUT2D eigenvalue weighted by atomic mass is 16.5. The van der Waals surface area contributed by atoms with E-state index in [1.165, 1.54) is 25.7 Å². The second kappa shape index (κ2) is 10.4. The van der Waals surface area contributed by atoms with Crippen LogP contribution in [0.2, 0.25) is 0 Å². The van der Waals surface area contributed by atoms with Gasteiger partial charge in [0.25, 0.3) is 0 Å². The Balaban J connectivity index is 3.35. The molecule has 0 rings (SSSR count). The van der Waals surface area contributed by atoms with Gasteiger partial charge in [0.2, 0.25) is 0 Å². The highest BCUT2D eigenvalue weighted by Gasteiger charge is 2.08. The Labute approximate surface area is 94.5 Å². The Morgan fingerprint density at radius 2 is 1.20 bits per heavy atom. The molecule has 0 spiro atoms. The van der Waals surface area contributed by atoms with Crippen molar-refractivity contribution in [2.45, 2.75) is 77.7 Å². The molecule has 0 aromatic heterocycles. The molecule has 0 radical (unpaired) electrons. The van der Waals surface area contributed by atoms with E-state index in [1.807, 2.05) is 0 Å². The minimum atomic E-state index is -0.173. The average Bonchev–Trinajstić information content (AvgIpc) is 2.18. The summed E-state index contributed by atoms with van der Waals surface area (Å²) in [5.41, 5.74) is 11.6. The number of ether oxygens (including phenoxy) is 1. The van der Waals surface area contributed by atoms with E-state index in [0.29, 0.717) is 0 Å². The Morgan fingerprint density at radius 1 is 0.800 bits per heavy atom. The van der Waals surface area contributed by atoms with Crippen molar-refractivity contribution in [1.82, 2.24) is 0 Å². The standard InChI is InChI=1S/C12H28N2O/c1-3-5-7-9-11(13)15-12(14)10-8-6-4-2/h11-12H,3-10,13-14H2,1-2H3. The van der Waals surface area contributed by atoms with Crippen LogP contribution in [-0.4, -0.2) is 12.5 Å². The lowest BCUT2D eigenvalue weighted by Crippen LogP contribution is -2.34. The molecule has 0 amide bonds. The first-order valence-corrected chi connectivity index (χ1v) is 6.37. The maximum Gasteiger partial charge on any atom is 0.107 e. The van der Waals surface area contributed by atoms with E-state index in [4.69, 9.17) is 16.2 Å². The van der Waals surface area contributed by atoms with Crippen LogP contribution in [0.25, 0.3) is 0 Å². The summed E-state index contributed by atoms with van der Waals surface area (Å²) in [6.45, 7) is 4.37. The average molecular weight is 216 g/mol. The van der Waals surface area contributed by atoms with E-state index in [-0.39, 0.29) is 12.5 Å². The minimum Gasteiger partial charge on any atom is -0.346 e. The number of rotatable bonds is 10. The molecular formula is C12H28N2O. The smallest absolute Gasteiger partial charge is 0.107 e. The molecule has 3 heteroatoms. The lowest BCUT2D eigenvalue weighted by atomic mass is 10.2. The molecule has 0 fully saturated rings. The summed E-state index contributed by atoms with van der Waals surface area (Å²) < 4.78 is 5.50. The van der Waals surface area contributed by atoms with Gasteiger partial charge in [-0.2, -0.15) is 0 Å². The number of nitrogens with two attached hydrogens (primary N) is 2. The summed E-state index contributed by atoms with van der Waals surface area (Å²) >= 11 is 0. The van der Waals surface area contributed by atoms with Crippen molar-refractivity contribution in [2.75, 3.05) is 0 Å². The zero-order valence-corrected chi connectivity index (χ0v) is 10.4. The second-order valence-electron chi connectivity index (χ2n) is 4.20. The summed E-state index contributed by atoms with van der Waals surface area (Å²) in [6, 6.07) is 0. The van der Waals surface area contributed by atoms with Crippen molar-refractivity contribution in [2.24, 2.45) is 11.5 Å². The molecule has 2 unspecified atom stereocenters. The van der Waals surface area contributed by atoms with Crippen molar-refractivity contribution < 1.29 is 4.74 Å². The van der Waals surface area contributed by atoms with E-state index >= 15 is 0 Å². The van der Waals surface area contributed by atoms with Gasteiger partial charge in [0.1, 0.15) is 12.5 Å². The van der Waals surface area contributed by atoms with Gasteiger partial charge in [-0.3, -0.25) is 0 Å². The highest BCUT2D eigenvalue weighted by Crippen LogP contribution is 2.07. The Hall–Kier alpha value is -0.120. The molecule has 0 aliphatic heterocycles. The zero-order valence-electron chi connectivity index (χ0n) is 10.4. The van der Waals surface area contributed by atoms with Gasteiger partial charge in [0.05, 0.1) is 0 Å². The third kappa shape index (κ3) is 10.2. The molecule has 92 valence electrons. The molecule has 0 aromatic carbocycles. The molecule has 0 bridgehead atoms. The predicted octanol–water partition coefficient (Wildman–Crippen LogP) is 2.73. The SMILES string of the molecule is CCCCCC(N)OC(N)CCCCC. The Kier molecular flexibility index (Phi) is 10.3. The van der Waals surface area contributed by atoms with Gasteiger partial charge in [-0.1, -0.05) is 39.5 Å². The van der Waals surface area contributed by atoms with Crippen LogP contribution in [0.5, 0.6) is 0 Å². The van der Waals surface area contributed by atoms with Gasteiger partial charge in [-0.05, 0) is 25.7 Å². The van der Waals surface area contributed by atoms with E-state index in [0.717, 1.165) is 25.7 Å². The summed E-state index contributed by atoms with van der Waals surface area (Å²) in [5, 5.41) is 0. The van der Waals surface area contributed by atoms with Gasteiger partial charge >= 0.3 is 0 Å². The lowest BCUT2D eigenvalue weighted by Gasteiger charge is -2.18. The van der Waals surface area contributed by atoms with Crippen LogP contribution in [0.3, 0.4) is 0 Å². The topological polar surface area (TPSA) is 61.3 Å². The zero-order chi connectivity index (χ0) is 11.5. The predicted molar refractivity (Wildman–Crippen MR) is 65.3 cm³/mol. The maximum absolute atomic E-state index is 5.82. The van der Waals surface area contributed by atoms with Crippen molar-refractivity contribution in [1.29, 1.82) is 0 Å². The van der Waals surface area contributed by atoms with Crippen LogP contribution in [0.1, 0.15) is 65.2 Å². The number of unbranched alkanes of at least 4 members (excludes halogenated alkanes) is 4. The first kappa shape index (κ1) is 14.9. The third-order valence-electron chi connectivity index (χ3n) is 2.53. The molecule has 0 aromatic rings. The van der Waals surface area contributed by atoms with E-state index in [2.05, 4.69) is 13.8 Å². The van der Waals surface area contributed by atoms with Crippen molar-refractivity contribution >= 4 is 0 Å². The van der Waals surface area contributed by atoms with Crippen LogP contribution < -0.4 is 11.5 Å². The van der Waals surface area contributed by atoms with Crippen LogP contribution in [0.15, 0.2) is 0 Å². The maximum atomic E-state index is 5.82. The monoisotopic (exact) mass is 216 g/mol. The molecule has 0 aliphatic rings. The number of hydrogen-bond donors (Lipinski definition) is 2. The van der Waals surface area contributed by atoms with Crippen LogP contribution in [0, 0.1) is 0 Å². The van der Waals surface area contributed by atoms with Gasteiger partial charge in [0, 0.05) is 0 Å². The van der Waals surface area contributed by atoms with Gasteiger partial charge in [-0.15, -0.1) is 0 Å². The summed E-state index contributed by atoms with van der Waals surface area (Å²) in [7, 11) is 0. The van der Waals surface area contributed by atoms with Crippen molar-refractivity contribution in [3.8, 4) is 0 Å². The lowest BCUT2D eigenvalue weighted by molar-refractivity contribution is -0.0155. The van der Waals surface area contributed by atoms with E-state index in [1.54, 1.807) is 0 Å². The van der Waals surface area contributed by atoms with Gasteiger partial charge < -0.3 is 16.2 Å². The van der Waals surface area contributed by atoms with Gasteiger partial charge in [-0.25, -0.2) is 0 Å². The molecule has 4 N–H and O–H groups in total. The Bertz CT molecular complexity index is 117. The Morgan fingerprint density at radius 3 is 1.53 bits per heavy atom. The molecule has 0 heterocycles. The van der Waals surface area contributed by atoms with Gasteiger partial charge in [0.15, 0.2) is 0 Å². The molecule has 15 heavy (non-hydrogen) atoms. The molecule has 0 aliphatic carbocycles. The summed E-state index contributed by atoms with van der Waals surface area (Å²) in [6.07, 6.45) is 8.67. The van der Waals surface area contributed by atoms with Crippen molar-refractivity contribution in [3.63, 3.8) is 0 Å². The first-order valence-electron chi connectivity index (χ1n) is 6.37. The second-order valence-corrected chi connectivity index (χ2v) is 4.20. The third-order valence-corrected chi connectivity index (χ3v) is 2.53.